The van der Waals surface area contributed by atoms with E-state index in [2.05, 4.69) is 26.2 Å². The lowest BCUT2D eigenvalue weighted by molar-refractivity contribution is 0.413. The van der Waals surface area contributed by atoms with Crippen molar-refractivity contribution in [1.82, 2.24) is 4.98 Å². The van der Waals surface area contributed by atoms with Crippen molar-refractivity contribution in [3.05, 3.63) is 40.2 Å². The van der Waals surface area contributed by atoms with Crippen molar-refractivity contribution < 1.29 is 9.13 Å². The van der Waals surface area contributed by atoms with Gasteiger partial charge in [0.25, 0.3) is 0 Å². The second-order valence-electron chi connectivity index (χ2n) is 3.97. The monoisotopic (exact) mass is 325 g/mol. The van der Waals surface area contributed by atoms with Gasteiger partial charge in [-0.3, -0.25) is 0 Å². The molecule has 6 heteroatoms. The van der Waals surface area contributed by atoms with Gasteiger partial charge in [0.15, 0.2) is 0 Å². The highest BCUT2D eigenvalue weighted by Crippen LogP contribution is 2.33. The highest BCUT2D eigenvalue weighted by Gasteiger charge is 2.10. The zero-order chi connectivity index (χ0) is 14.0. The number of nitrogens with zero attached hydrogens (tertiary/aromatic N) is 1. The van der Waals surface area contributed by atoms with Gasteiger partial charge in [0.05, 0.1) is 29.2 Å². The number of aromatic nitrogens is 1. The second kappa shape index (κ2) is 5.44. The van der Waals surface area contributed by atoms with Gasteiger partial charge in [-0.2, -0.15) is 0 Å². The van der Waals surface area contributed by atoms with Crippen LogP contribution in [0.2, 0.25) is 0 Å². The molecule has 4 nitrogen and oxygen atoms in total. The first kappa shape index (κ1) is 13.6. The lowest BCUT2D eigenvalue weighted by atomic mass is 10.2. The molecule has 0 fully saturated rings. The molecule has 0 saturated heterocycles. The van der Waals surface area contributed by atoms with Crippen LogP contribution in [0.5, 0.6) is 5.75 Å². The highest BCUT2D eigenvalue weighted by molar-refractivity contribution is 9.10. The second-order valence-corrected chi connectivity index (χ2v) is 4.76. The van der Waals surface area contributed by atoms with Crippen LogP contribution in [-0.2, 0) is 0 Å². The summed E-state index contributed by atoms with van der Waals surface area (Å²) in [6.07, 6.45) is 1.57. The average molecular weight is 326 g/mol. The van der Waals surface area contributed by atoms with E-state index in [1.807, 2.05) is 6.92 Å². The Morgan fingerprint density at radius 1 is 1.42 bits per heavy atom. The van der Waals surface area contributed by atoms with Crippen LogP contribution in [0, 0.1) is 12.7 Å². The summed E-state index contributed by atoms with van der Waals surface area (Å²) < 4.78 is 19.0. The van der Waals surface area contributed by atoms with E-state index in [0.717, 1.165) is 10.0 Å². The van der Waals surface area contributed by atoms with Gasteiger partial charge >= 0.3 is 0 Å². The van der Waals surface area contributed by atoms with Crippen molar-refractivity contribution in [1.29, 1.82) is 0 Å². The van der Waals surface area contributed by atoms with E-state index in [1.54, 1.807) is 12.3 Å². The molecule has 19 heavy (non-hydrogen) atoms. The van der Waals surface area contributed by atoms with Gasteiger partial charge in [0.1, 0.15) is 17.4 Å². The van der Waals surface area contributed by atoms with Gasteiger partial charge in [-0.15, -0.1) is 0 Å². The van der Waals surface area contributed by atoms with Crippen LogP contribution in [0.3, 0.4) is 0 Å². The summed E-state index contributed by atoms with van der Waals surface area (Å²) in [5.41, 5.74) is 7.88. The molecule has 1 aromatic carbocycles. The first-order chi connectivity index (χ1) is 9.02. The fraction of sp³-hybridized carbons (Fsp3) is 0.154. The van der Waals surface area contributed by atoms with Gasteiger partial charge in [0.2, 0.25) is 0 Å². The molecule has 0 saturated carbocycles. The number of hydrogen-bond acceptors (Lipinski definition) is 4. The maximum absolute atomic E-state index is 13.1. The SMILES string of the molecule is COc1cc(F)ccc1Nc1ncc(N)c(C)c1Br. The van der Waals surface area contributed by atoms with Crippen LogP contribution < -0.4 is 15.8 Å². The third-order valence-electron chi connectivity index (χ3n) is 2.72. The van der Waals surface area contributed by atoms with Crippen molar-refractivity contribution in [3.8, 4) is 5.75 Å². The highest BCUT2D eigenvalue weighted by atomic mass is 79.9. The Bertz CT molecular complexity index is 619. The Hall–Kier alpha value is -1.82. The Morgan fingerprint density at radius 3 is 2.84 bits per heavy atom. The molecule has 0 aliphatic rings. The summed E-state index contributed by atoms with van der Waals surface area (Å²) in [7, 11) is 1.48. The van der Waals surface area contributed by atoms with Crippen LogP contribution in [0.4, 0.5) is 21.6 Å². The summed E-state index contributed by atoms with van der Waals surface area (Å²) >= 11 is 3.43. The Labute approximate surface area is 118 Å². The Morgan fingerprint density at radius 2 is 2.16 bits per heavy atom. The van der Waals surface area contributed by atoms with Crippen LogP contribution in [0.1, 0.15) is 5.56 Å². The van der Waals surface area contributed by atoms with Gasteiger partial charge < -0.3 is 15.8 Å². The van der Waals surface area contributed by atoms with E-state index >= 15 is 0 Å². The molecule has 0 aliphatic heterocycles. The molecule has 0 aliphatic carbocycles. The minimum absolute atomic E-state index is 0.358. The van der Waals surface area contributed by atoms with E-state index in [9.17, 15) is 4.39 Å². The third kappa shape index (κ3) is 2.78. The quantitative estimate of drug-likeness (QED) is 0.904. The van der Waals surface area contributed by atoms with Crippen molar-refractivity contribution in [3.63, 3.8) is 0 Å². The average Bonchev–Trinajstić information content (AvgIpc) is 2.41. The number of anilines is 3. The van der Waals surface area contributed by atoms with Crippen LogP contribution in [0.15, 0.2) is 28.9 Å². The minimum Gasteiger partial charge on any atom is -0.494 e. The molecule has 1 aromatic heterocycles. The van der Waals surface area contributed by atoms with E-state index in [4.69, 9.17) is 10.5 Å². The molecule has 100 valence electrons. The van der Waals surface area contributed by atoms with E-state index in [1.165, 1.54) is 19.2 Å². The molecule has 0 amide bonds. The molecule has 0 bridgehead atoms. The predicted molar refractivity (Wildman–Crippen MR) is 77.3 cm³/mol. The third-order valence-corrected chi connectivity index (χ3v) is 3.69. The van der Waals surface area contributed by atoms with E-state index in [-0.39, 0.29) is 5.82 Å². The minimum atomic E-state index is -0.358. The van der Waals surface area contributed by atoms with Gasteiger partial charge in [0, 0.05) is 6.07 Å². The molecular formula is C13H13BrFN3O. The largest absolute Gasteiger partial charge is 0.494 e. The fourth-order valence-corrected chi connectivity index (χ4v) is 2.01. The van der Waals surface area contributed by atoms with Gasteiger partial charge in [-0.25, -0.2) is 9.37 Å². The molecule has 3 N–H and O–H groups in total. The lowest BCUT2D eigenvalue weighted by Gasteiger charge is -2.13. The number of pyridine rings is 1. The van der Waals surface area contributed by atoms with Crippen LogP contribution in [-0.4, -0.2) is 12.1 Å². The summed E-state index contributed by atoms with van der Waals surface area (Å²) in [6, 6.07) is 4.25. The smallest absolute Gasteiger partial charge is 0.145 e. The number of nitrogen functional groups attached to an aromatic ring is 1. The van der Waals surface area contributed by atoms with Crippen molar-refractivity contribution in [2.45, 2.75) is 6.92 Å². The number of methoxy groups -OCH3 is 1. The van der Waals surface area contributed by atoms with E-state index in [0.29, 0.717) is 22.9 Å². The number of nitrogens with one attached hydrogen (secondary N) is 1. The normalized spacial score (nSPS) is 10.3. The fourth-order valence-electron chi connectivity index (χ4n) is 1.57. The van der Waals surface area contributed by atoms with Crippen molar-refractivity contribution in [2.24, 2.45) is 0 Å². The van der Waals surface area contributed by atoms with Gasteiger partial charge in [-0.05, 0) is 40.5 Å². The van der Waals surface area contributed by atoms with Crippen molar-refractivity contribution >= 4 is 33.1 Å². The summed E-state index contributed by atoms with van der Waals surface area (Å²) in [4.78, 5) is 4.20. The lowest BCUT2D eigenvalue weighted by Crippen LogP contribution is -2.01. The maximum Gasteiger partial charge on any atom is 0.145 e. The molecule has 2 rings (SSSR count). The van der Waals surface area contributed by atoms with Crippen LogP contribution in [0.25, 0.3) is 0 Å². The zero-order valence-corrected chi connectivity index (χ0v) is 12.1. The topological polar surface area (TPSA) is 60.2 Å². The van der Waals surface area contributed by atoms with Crippen LogP contribution >= 0.6 is 15.9 Å². The molecule has 1 heterocycles. The number of hydrogen-bond donors (Lipinski definition) is 2. The number of benzene rings is 1. The number of nitrogens with two attached hydrogens (primary N) is 1. The summed E-state index contributed by atoms with van der Waals surface area (Å²) in [5.74, 6) is 0.641. The number of rotatable bonds is 3. The first-order valence-electron chi connectivity index (χ1n) is 5.54. The Balaban J connectivity index is 2.39. The molecule has 2 aromatic rings. The van der Waals surface area contributed by atoms with E-state index < -0.39 is 0 Å². The molecular weight excluding hydrogens is 313 g/mol. The summed E-state index contributed by atoms with van der Waals surface area (Å²) in [6.45, 7) is 1.88. The molecule has 0 radical (unpaired) electrons. The molecule has 0 spiro atoms. The zero-order valence-electron chi connectivity index (χ0n) is 10.5. The number of ether oxygens (including phenoxy) is 1. The maximum atomic E-state index is 13.1. The standard InChI is InChI=1S/C13H13BrFN3O/c1-7-9(16)6-17-13(12(7)14)18-10-4-3-8(15)5-11(10)19-2/h3-6H,16H2,1-2H3,(H,17,18). The van der Waals surface area contributed by atoms with Gasteiger partial charge in [-0.1, -0.05) is 0 Å². The number of halogens is 2. The first-order valence-corrected chi connectivity index (χ1v) is 6.33. The Kier molecular flexibility index (Phi) is 3.90. The van der Waals surface area contributed by atoms with Crippen molar-refractivity contribution in [2.75, 3.05) is 18.2 Å². The molecule has 0 atom stereocenters. The molecule has 0 unspecified atom stereocenters. The predicted octanol–water partition coefficient (Wildman–Crippen LogP) is 3.63. The summed E-state index contributed by atoms with van der Waals surface area (Å²) in [5, 5.41) is 3.08.